The Morgan fingerprint density at radius 3 is 2.20 bits per heavy atom. The molecular weight excluding hydrogens is 248 g/mol. The van der Waals surface area contributed by atoms with Gasteiger partial charge in [-0.2, -0.15) is 0 Å². The number of hydrogen-bond acceptors (Lipinski definition) is 2. The second kappa shape index (κ2) is 6.87. The second-order valence-electron chi connectivity index (χ2n) is 4.92. The molecule has 1 amide bonds. The second-order valence-corrected chi connectivity index (χ2v) is 4.92. The summed E-state index contributed by atoms with van der Waals surface area (Å²) in [5, 5.41) is 3.13. The Balaban J connectivity index is 2.06. The van der Waals surface area contributed by atoms with E-state index in [0.717, 1.165) is 6.42 Å². The van der Waals surface area contributed by atoms with Crippen molar-refractivity contribution < 1.29 is 4.79 Å². The Bertz CT molecular complexity index is 549. The van der Waals surface area contributed by atoms with E-state index in [1.54, 1.807) is 0 Å². The molecule has 0 bridgehead atoms. The van der Waals surface area contributed by atoms with Crippen LogP contribution in [0.15, 0.2) is 54.6 Å². The van der Waals surface area contributed by atoms with Crippen LogP contribution in [0.4, 0.5) is 0 Å². The van der Waals surface area contributed by atoms with Gasteiger partial charge in [-0.1, -0.05) is 54.6 Å². The van der Waals surface area contributed by atoms with Gasteiger partial charge in [-0.05, 0) is 30.2 Å². The van der Waals surface area contributed by atoms with Crippen LogP contribution in [-0.2, 0) is 11.2 Å². The maximum atomic E-state index is 11.0. The standard InChI is InChI=1S/C17H20N2O/c1-19-16(12-17(18)20)11-13-7-9-15(10-8-13)14-5-3-2-4-6-14/h2-10,16,19H,11-12H2,1H3,(H2,18,20). The number of likely N-dealkylation sites (N-methyl/N-ethyl adjacent to an activating group) is 1. The van der Waals surface area contributed by atoms with Crippen LogP contribution in [0.3, 0.4) is 0 Å². The third-order valence-electron chi connectivity index (χ3n) is 3.40. The third kappa shape index (κ3) is 3.93. The predicted octanol–water partition coefficient (Wildman–Crippen LogP) is 2.36. The molecule has 0 aliphatic rings. The van der Waals surface area contributed by atoms with Crippen LogP contribution in [-0.4, -0.2) is 19.0 Å². The van der Waals surface area contributed by atoms with Gasteiger partial charge >= 0.3 is 0 Å². The predicted molar refractivity (Wildman–Crippen MR) is 82.2 cm³/mol. The van der Waals surface area contributed by atoms with Crippen LogP contribution < -0.4 is 11.1 Å². The van der Waals surface area contributed by atoms with Crippen molar-refractivity contribution in [2.24, 2.45) is 5.73 Å². The molecule has 0 saturated carbocycles. The van der Waals surface area contributed by atoms with Gasteiger partial charge in [0.05, 0.1) is 0 Å². The molecule has 0 heterocycles. The highest BCUT2D eigenvalue weighted by Gasteiger charge is 2.10. The Hall–Kier alpha value is -2.13. The van der Waals surface area contributed by atoms with Gasteiger partial charge < -0.3 is 11.1 Å². The summed E-state index contributed by atoms with van der Waals surface area (Å²) >= 11 is 0. The molecule has 1 unspecified atom stereocenters. The van der Waals surface area contributed by atoms with Crippen molar-refractivity contribution in [1.82, 2.24) is 5.32 Å². The van der Waals surface area contributed by atoms with Crippen LogP contribution in [0.2, 0.25) is 0 Å². The zero-order valence-corrected chi connectivity index (χ0v) is 11.7. The smallest absolute Gasteiger partial charge is 0.218 e. The molecule has 2 rings (SSSR count). The van der Waals surface area contributed by atoms with Gasteiger partial charge in [0.15, 0.2) is 0 Å². The first-order chi connectivity index (χ1) is 9.69. The lowest BCUT2D eigenvalue weighted by atomic mass is 9.99. The first-order valence-electron chi connectivity index (χ1n) is 6.79. The number of benzene rings is 2. The summed E-state index contributed by atoms with van der Waals surface area (Å²) in [6, 6.07) is 18.8. The average molecular weight is 268 g/mol. The Labute approximate surface area is 119 Å². The topological polar surface area (TPSA) is 55.1 Å². The average Bonchev–Trinajstić information content (AvgIpc) is 2.48. The first-order valence-corrected chi connectivity index (χ1v) is 6.79. The van der Waals surface area contributed by atoms with E-state index < -0.39 is 0 Å². The summed E-state index contributed by atoms with van der Waals surface area (Å²) in [4.78, 5) is 11.0. The fourth-order valence-electron chi connectivity index (χ4n) is 2.27. The van der Waals surface area contributed by atoms with Crippen LogP contribution in [0.5, 0.6) is 0 Å². The van der Waals surface area contributed by atoms with E-state index in [9.17, 15) is 4.79 Å². The summed E-state index contributed by atoms with van der Waals surface area (Å²) in [7, 11) is 1.85. The van der Waals surface area contributed by atoms with Crippen molar-refractivity contribution in [1.29, 1.82) is 0 Å². The van der Waals surface area contributed by atoms with E-state index in [1.165, 1.54) is 16.7 Å². The Kier molecular flexibility index (Phi) is 4.91. The van der Waals surface area contributed by atoms with Gasteiger partial charge in [-0.15, -0.1) is 0 Å². The van der Waals surface area contributed by atoms with Crippen molar-refractivity contribution in [3.8, 4) is 11.1 Å². The summed E-state index contributed by atoms with van der Waals surface area (Å²) in [5.74, 6) is -0.273. The van der Waals surface area contributed by atoms with E-state index >= 15 is 0 Å². The zero-order chi connectivity index (χ0) is 14.4. The highest BCUT2D eigenvalue weighted by atomic mass is 16.1. The van der Waals surface area contributed by atoms with Crippen LogP contribution >= 0.6 is 0 Å². The molecule has 0 radical (unpaired) electrons. The number of amides is 1. The first kappa shape index (κ1) is 14.3. The number of nitrogens with one attached hydrogen (secondary N) is 1. The van der Waals surface area contributed by atoms with E-state index in [2.05, 4.69) is 41.7 Å². The Morgan fingerprint density at radius 2 is 1.65 bits per heavy atom. The summed E-state index contributed by atoms with van der Waals surface area (Å²) in [5.41, 5.74) is 8.85. The van der Waals surface area contributed by atoms with Gasteiger partial charge in [-0.25, -0.2) is 0 Å². The molecule has 0 aromatic heterocycles. The number of rotatable bonds is 6. The van der Waals surface area contributed by atoms with Gasteiger partial charge in [0.25, 0.3) is 0 Å². The highest BCUT2D eigenvalue weighted by molar-refractivity contribution is 5.74. The van der Waals surface area contributed by atoms with Gasteiger partial charge in [-0.3, -0.25) is 4.79 Å². The quantitative estimate of drug-likeness (QED) is 0.845. The minimum Gasteiger partial charge on any atom is -0.370 e. The van der Waals surface area contributed by atoms with Crippen molar-refractivity contribution >= 4 is 5.91 Å². The molecule has 0 aliphatic heterocycles. The van der Waals surface area contributed by atoms with Crippen molar-refractivity contribution in [2.45, 2.75) is 18.9 Å². The van der Waals surface area contributed by atoms with Gasteiger partial charge in [0, 0.05) is 12.5 Å². The lowest BCUT2D eigenvalue weighted by molar-refractivity contribution is -0.118. The number of primary amides is 1. The van der Waals surface area contributed by atoms with Crippen LogP contribution in [0.1, 0.15) is 12.0 Å². The lowest BCUT2D eigenvalue weighted by Gasteiger charge is -2.14. The highest BCUT2D eigenvalue weighted by Crippen LogP contribution is 2.19. The fraction of sp³-hybridized carbons (Fsp3) is 0.235. The summed E-state index contributed by atoms with van der Waals surface area (Å²) < 4.78 is 0. The maximum Gasteiger partial charge on any atom is 0.218 e. The lowest BCUT2D eigenvalue weighted by Crippen LogP contribution is -2.32. The zero-order valence-electron chi connectivity index (χ0n) is 11.7. The number of carbonyl (C=O) groups is 1. The molecule has 0 spiro atoms. The minimum absolute atomic E-state index is 0.0927. The molecule has 2 aromatic carbocycles. The van der Waals surface area contributed by atoms with Crippen LogP contribution in [0.25, 0.3) is 11.1 Å². The molecule has 1 atom stereocenters. The number of nitrogens with two attached hydrogens (primary N) is 1. The largest absolute Gasteiger partial charge is 0.370 e. The summed E-state index contributed by atoms with van der Waals surface area (Å²) in [6.07, 6.45) is 1.16. The molecule has 3 N–H and O–H groups in total. The van der Waals surface area contributed by atoms with E-state index in [1.807, 2.05) is 25.2 Å². The molecular formula is C17H20N2O. The monoisotopic (exact) mass is 268 g/mol. The Morgan fingerprint density at radius 1 is 1.05 bits per heavy atom. The molecule has 104 valence electrons. The molecule has 2 aromatic rings. The maximum absolute atomic E-state index is 11.0. The molecule has 0 fully saturated rings. The molecule has 0 saturated heterocycles. The van der Waals surface area contributed by atoms with E-state index in [-0.39, 0.29) is 11.9 Å². The van der Waals surface area contributed by atoms with Crippen molar-refractivity contribution in [3.05, 3.63) is 60.2 Å². The molecule has 3 heteroatoms. The van der Waals surface area contributed by atoms with Crippen LogP contribution in [0, 0.1) is 0 Å². The number of hydrogen-bond donors (Lipinski definition) is 2. The van der Waals surface area contributed by atoms with Gasteiger partial charge in [0.2, 0.25) is 5.91 Å². The molecule has 3 nitrogen and oxygen atoms in total. The molecule has 0 aliphatic carbocycles. The van der Waals surface area contributed by atoms with Gasteiger partial charge in [0.1, 0.15) is 0 Å². The SMILES string of the molecule is CNC(CC(N)=O)Cc1ccc(-c2ccccc2)cc1. The summed E-state index contributed by atoms with van der Waals surface area (Å²) in [6.45, 7) is 0. The van der Waals surface area contributed by atoms with E-state index in [4.69, 9.17) is 5.73 Å². The third-order valence-corrected chi connectivity index (χ3v) is 3.40. The van der Waals surface area contributed by atoms with Crippen molar-refractivity contribution in [3.63, 3.8) is 0 Å². The minimum atomic E-state index is -0.273. The molecule has 20 heavy (non-hydrogen) atoms. The normalized spacial score (nSPS) is 12.1. The number of carbonyl (C=O) groups excluding carboxylic acids is 1. The van der Waals surface area contributed by atoms with E-state index in [0.29, 0.717) is 6.42 Å². The fourth-order valence-corrected chi connectivity index (χ4v) is 2.27. The van der Waals surface area contributed by atoms with Crippen molar-refractivity contribution in [2.75, 3.05) is 7.05 Å².